The highest BCUT2D eigenvalue weighted by molar-refractivity contribution is 5.85. The van der Waals surface area contributed by atoms with Gasteiger partial charge in [-0.15, -0.1) is 12.4 Å². The largest absolute Gasteiger partial charge is 0.400 e. The van der Waals surface area contributed by atoms with Gasteiger partial charge in [-0.05, 0) is 47.6 Å². The van der Waals surface area contributed by atoms with E-state index in [0.29, 0.717) is 0 Å². The molecule has 0 spiro atoms. The van der Waals surface area contributed by atoms with Crippen LogP contribution < -0.4 is 0 Å². The van der Waals surface area contributed by atoms with Gasteiger partial charge in [0.05, 0.1) is 6.61 Å². The molecular formula is C14H37ClN2O3. The predicted octanol–water partition coefficient (Wildman–Crippen LogP) is 1.51. The summed E-state index contributed by atoms with van der Waals surface area (Å²) >= 11 is 0. The molecule has 0 unspecified atom stereocenters. The van der Waals surface area contributed by atoms with Crippen molar-refractivity contribution in [1.82, 2.24) is 9.80 Å². The van der Waals surface area contributed by atoms with Gasteiger partial charge >= 0.3 is 0 Å². The van der Waals surface area contributed by atoms with Gasteiger partial charge in [-0.1, -0.05) is 20.8 Å². The lowest BCUT2D eigenvalue weighted by Gasteiger charge is -2.13. The number of carbonyl (C=O) groups is 1. The summed E-state index contributed by atoms with van der Waals surface area (Å²) < 4.78 is 0. The van der Waals surface area contributed by atoms with Crippen LogP contribution in [0, 0.1) is 0 Å². The standard InChI is InChI=1S/C6H15N.C4H11NO.C3H6O.CH4O.ClH/c1-4-7(5-2)6-3;1-5(2)3-4-6;1-3(2)4;1-2;/h4-6H2,1-3H3;6H,3-4H2,1-2H3;1-2H3;2H,1H3;1H. The molecule has 0 aliphatic heterocycles. The first kappa shape index (κ1) is 31.9. The fourth-order valence-electron chi connectivity index (χ4n) is 0.871. The van der Waals surface area contributed by atoms with Crippen LogP contribution in [0.5, 0.6) is 0 Å². The Labute approximate surface area is 132 Å². The number of nitrogens with zero attached hydrogens (tertiary/aromatic N) is 2. The van der Waals surface area contributed by atoms with Gasteiger partial charge < -0.3 is 24.8 Å². The lowest BCUT2D eigenvalue weighted by molar-refractivity contribution is -0.114. The first-order valence-corrected chi connectivity index (χ1v) is 6.75. The molecule has 0 fully saturated rings. The molecular weight excluding hydrogens is 280 g/mol. The van der Waals surface area contributed by atoms with Crippen LogP contribution in [0.1, 0.15) is 34.6 Å². The Bertz CT molecular complexity index is 146. The molecule has 2 N–H and O–H groups in total. The number of halogens is 1. The average Bonchev–Trinajstić information content (AvgIpc) is 2.34. The predicted molar refractivity (Wildman–Crippen MR) is 90.8 cm³/mol. The van der Waals surface area contributed by atoms with E-state index in [2.05, 4.69) is 25.7 Å². The van der Waals surface area contributed by atoms with Crippen LogP contribution in [0.25, 0.3) is 0 Å². The van der Waals surface area contributed by atoms with Crippen molar-refractivity contribution in [2.75, 3.05) is 54.0 Å². The zero-order valence-electron chi connectivity index (χ0n) is 14.6. The fourth-order valence-corrected chi connectivity index (χ4v) is 0.871. The zero-order chi connectivity index (χ0) is 16.3. The van der Waals surface area contributed by atoms with E-state index in [0.717, 1.165) is 13.7 Å². The average molecular weight is 317 g/mol. The zero-order valence-corrected chi connectivity index (χ0v) is 15.5. The molecule has 0 radical (unpaired) electrons. The molecule has 0 rings (SSSR count). The highest BCUT2D eigenvalue weighted by atomic mass is 35.5. The molecule has 0 aromatic rings. The molecule has 0 aromatic carbocycles. The monoisotopic (exact) mass is 316 g/mol. The minimum Gasteiger partial charge on any atom is -0.400 e. The van der Waals surface area contributed by atoms with Crippen molar-refractivity contribution in [3.05, 3.63) is 0 Å². The molecule has 0 heterocycles. The number of aliphatic hydroxyl groups is 2. The van der Waals surface area contributed by atoms with E-state index >= 15 is 0 Å². The van der Waals surface area contributed by atoms with Crippen LogP contribution in [0.15, 0.2) is 0 Å². The van der Waals surface area contributed by atoms with Gasteiger partial charge in [-0.2, -0.15) is 0 Å². The number of rotatable bonds is 5. The van der Waals surface area contributed by atoms with E-state index in [-0.39, 0.29) is 24.8 Å². The molecule has 20 heavy (non-hydrogen) atoms. The van der Waals surface area contributed by atoms with Gasteiger partial charge in [0.1, 0.15) is 5.78 Å². The van der Waals surface area contributed by atoms with E-state index in [9.17, 15) is 4.79 Å². The van der Waals surface area contributed by atoms with E-state index in [1.165, 1.54) is 33.5 Å². The lowest BCUT2D eigenvalue weighted by Crippen LogP contribution is -2.21. The number of hydrogen-bond acceptors (Lipinski definition) is 5. The molecule has 0 bridgehead atoms. The highest BCUT2D eigenvalue weighted by Gasteiger charge is 1.89. The Morgan fingerprint density at radius 2 is 1.20 bits per heavy atom. The normalized spacial score (nSPS) is 8.20. The first-order chi connectivity index (χ1) is 8.85. The topological polar surface area (TPSA) is 64.0 Å². The summed E-state index contributed by atoms with van der Waals surface area (Å²) in [5.74, 6) is 0.167. The van der Waals surface area contributed by atoms with E-state index in [1.807, 2.05) is 19.0 Å². The molecule has 0 amide bonds. The van der Waals surface area contributed by atoms with Crippen molar-refractivity contribution in [3.8, 4) is 0 Å². The van der Waals surface area contributed by atoms with Crippen molar-refractivity contribution >= 4 is 18.2 Å². The van der Waals surface area contributed by atoms with Crippen molar-refractivity contribution < 1.29 is 15.0 Å². The summed E-state index contributed by atoms with van der Waals surface area (Å²) in [5, 5.41) is 15.2. The fraction of sp³-hybridized carbons (Fsp3) is 0.929. The molecule has 6 heteroatoms. The van der Waals surface area contributed by atoms with Crippen LogP contribution in [-0.2, 0) is 4.79 Å². The molecule has 0 saturated heterocycles. The second kappa shape index (κ2) is 31.3. The van der Waals surface area contributed by atoms with E-state index in [1.54, 1.807) is 0 Å². The number of aliphatic hydroxyl groups excluding tert-OH is 2. The van der Waals surface area contributed by atoms with Crippen molar-refractivity contribution in [2.24, 2.45) is 0 Å². The molecule has 0 aromatic heterocycles. The minimum atomic E-state index is 0. The molecule has 0 atom stereocenters. The summed E-state index contributed by atoms with van der Waals surface area (Å²) in [6, 6.07) is 0. The Kier molecular flexibility index (Phi) is 50.0. The summed E-state index contributed by atoms with van der Waals surface area (Å²) in [6.07, 6.45) is 0. The Hall–Kier alpha value is -0.200. The van der Waals surface area contributed by atoms with Gasteiger partial charge in [0.15, 0.2) is 0 Å². The second-order valence-electron chi connectivity index (χ2n) is 4.05. The number of carbonyl (C=O) groups excluding carboxylic acids is 1. The quantitative estimate of drug-likeness (QED) is 0.805. The maximum Gasteiger partial charge on any atom is 0.126 e. The molecule has 0 saturated carbocycles. The number of Topliss-reactive ketones (excluding diaryl/α,β-unsaturated/α-hetero) is 1. The Balaban J connectivity index is -0.0000000531. The van der Waals surface area contributed by atoms with Crippen LogP contribution in [0.2, 0.25) is 0 Å². The second-order valence-corrected chi connectivity index (χ2v) is 4.05. The summed E-state index contributed by atoms with van der Waals surface area (Å²) in [4.78, 5) is 13.8. The summed E-state index contributed by atoms with van der Waals surface area (Å²) in [5.41, 5.74) is 0. The van der Waals surface area contributed by atoms with E-state index < -0.39 is 0 Å². The third-order valence-electron chi connectivity index (χ3n) is 1.89. The number of hydrogen-bond donors (Lipinski definition) is 2. The van der Waals surface area contributed by atoms with Crippen LogP contribution in [-0.4, -0.2) is 79.8 Å². The molecule has 0 aliphatic carbocycles. The van der Waals surface area contributed by atoms with Gasteiger partial charge in [-0.25, -0.2) is 0 Å². The van der Waals surface area contributed by atoms with Gasteiger partial charge in [0, 0.05) is 13.7 Å². The maximum atomic E-state index is 9.44. The SMILES string of the molecule is CC(C)=O.CCN(CC)CC.CN(C)CCO.CO.Cl. The third-order valence-corrected chi connectivity index (χ3v) is 1.89. The van der Waals surface area contributed by atoms with Gasteiger partial charge in [-0.3, -0.25) is 0 Å². The lowest BCUT2D eigenvalue weighted by atomic mass is 10.5. The highest BCUT2D eigenvalue weighted by Crippen LogP contribution is 1.81. The molecule has 0 aliphatic rings. The van der Waals surface area contributed by atoms with Crippen LogP contribution >= 0.6 is 12.4 Å². The van der Waals surface area contributed by atoms with E-state index in [4.69, 9.17) is 10.2 Å². The van der Waals surface area contributed by atoms with Gasteiger partial charge in [0.2, 0.25) is 0 Å². The smallest absolute Gasteiger partial charge is 0.126 e. The van der Waals surface area contributed by atoms with Crippen molar-refractivity contribution in [2.45, 2.75) is 34.6 Å². The molecule has 5 nitrogen and oxygen atoms in total. The van der Waals surface area contributed by atoms with Crippen LogP contribution in [0.3, 0.4) is 0 Å². The Morgan fingerprint density at radius 3 is 1.20 bits per heavy atom. The molecule has 128 valence electrons. The number of ketones is 1. The van der Waals surface area contributed by atoms with Crippen molar-refractivity contribution in [3.63, 3.8) is 0 Å². The maximum absolute atomic E-state index is 9.44. The van der Waals surface area contributed by atoms with Gasteiger partial charge in [0.25, 0.3) is 0 Å². The number of likely N-dealkylation sites (N-methyl/N-ethyl adjacent to an activating group) is 1. The van der Waals surface area contributed by atoms with Crippen molar-refractivity contribution in [1.29, 1.82) is 0 Å². The summed E-state index contributed by atoms with van der Waals surface area (Å²) in [6.45, 7) is 14.2. The summed E-state index contributed by atoms with van der Waals surface area (Å²) in [7, 11) is 4.85. The Morgan fingerprint density at radius 1 is 0.950 bits per heavy atom. The minimum absolute atomic E-state index is 0. The first-order valence-electron chi connectivity index (χ1n) is 6.75. The van der Waals surface area contributed by atoms with Crippen LogP contribution in [0.4, 0.5) is 0 Å². The third kappa shape index (κ3) is 64.9.